The molecular weight excluding hydrogens is 574 g/mol. The minimum atomic E-state index is -3.56. The number of halogens is 1. The van der Waals surface area contributed by atoms with E-state index in [1.165, 1.54) is 15.6 Å². The number of thiazole rings is 1. The summed E-state index contributed by atoms with van der Waals surface area (Å²) in [6.07, 6.45) is 3.50. The molecule has 0 amide bonds. The minimum Gasteiger partial charge on any atom is -0.379 e. The molecule has 11 heteroatoms. The van der Waals surface area contributed by atoms with E-state index in [1.54, 1.807) is 36.7 Å². The Kier molecular flexibility index (Phi) is 7.77. The molecular formula is C26H24BrN5O3S2. The number of hydrogen-bond acceptors (Lipinski definition) is 7. The normalized spacial score (nSPS) is 15.7. The summed E-state index contributed by atoms with van der Waals surface area (Å²) in [5, 5.41) is 6.90. The molecule has 37 heavy (non-hydrogen) atoms. The summed E-state index contributed by atoms with van der Waals surface area (Å²) in [6.45, 7) is 3.46. The van der Waals surface area contributed by atoms with Crippen molar-refractivity contribution in [2.75, 3.05) is 26.3 Å². The van der Waals surface area contributed by atoms with E-state index in [4.69, 9.17) is 14.8 Å². The number of pyridine rings is 1. The molecule has 2 aromatic heterocycles. The molecule has 3 heterocycles. The van der Waals surface area contributed by atoms with Crippen LogP contribution in [0.25, 0.3) is 11.3 Å². The quantitative estimate of drug-likeness (QED) is 0.296. The molecule has 0 spiro atoms. The zero-order valence-electron chi connectivity index (χ0n) is 20.0. The monoisotopic (exact) mass is 597 g/mol. The smallest absolute Gasteiger partial charge is 0.243 e. The van der Waals surface area contributed by atoms with Crippen molar-refractivity contribution in [3.05, 3.63) is 93.3 Å². The second-order valence-corrected chi connectivity index (χ2v) is 12.0. The predicted molar refractivity (Wildman–Crippen MR) is 149 cm³/mol. The van der Waals surface area contributed by atoms with Crippen LogP contribution in [0.5, 0.6) is 0 Å². The van der Waals surface area contributed by atoms with Gasteiger partial charge in [-0.2, -0.15) is 9.41 Å². The lowest BCUT2D eigenvalue weighted by Gasteiger charge is -2.26. The van der Waals surface area contributed by atoms with E-state index >= 15 is 0 Å². The molecule has 190 valence electrons. The molecule has 2 aromatic carbocycles. The molecule has 0 saturated carbocycles. The van der Waals surface area contributed by atoms with Gasteiger partial charge < -0.3 is 4.74 Å². The van der Waals surface area contributed by atoms with Crippen LogP contribution in [0.15, 0.2) is 97.9 Å². The Hall–Kier alpha value is -2.96. The third-order valence-corrected chi connectivity index (χ3v) is 9.08. The van der Waals surface area contributed by atoms with Crippen molar-refractivity contribution in [3.8, 4) is 11.3 Å². The van der Waals surface area contributed by atoms with Crippen LogP contribution in [-0.2, 0) is 14.8 Å². The highest BCUT2D eigenvalue weighted by molar-refractivity contribution is 9.10. The van der Waals surface area contributed by atoms with E-state index < -0.39 is 10.0 Å². The summed E-state index contributed by atoms with van der Waals surface area (Å²) in [5.74, 6) is 0. The Bertz CT molecular complexity index is 1570. The Balaban J connectivity index is 1.54. The Morgan fingerprint density at radius 3 is 2.46 bits per heavy atom. The fourth-order valence-corrected chi connectivity index (χ4v) is 6.34. The average molecular weight is 599 g/mol. The van der Waals surface area contributed by atoms with Gasteiger partial charge >= 0.3 is 0 Å². The zero-order chi connectivity index (χ0) is 25.8. The van der Waals surface area contributed by atoms with Crippen molar-refractivity contribution in [2.24, 2.45) is 10.1 Å². The van der Waals surface area contributed by atoms with Gasteiger partial charge in [-0.1, -0.05) is 34.1 Å². The van der Waals surface area contributed by atoms with Gasteiger partial charge in [-0.15, -0.1) is 11.3 Å². The van der Waals surface area contributed by atoms with Crippen LogP contribution in [0, 0.1) is 0 Å². The van der Waals surface area contributed by atoms with Crippen molar-refractivity contribution >= 4 is 48.7 Å². The second kappa shape index (κ2) is 11.2. The number of aromatic nitrogens is 2. The molecule has 0 atom stereocenters. The third-order valence-electron chi connectivity index (χ3n) is 5.82. The first-order valence-corrected chi connectivity index (χ1v) is 14.7. The van der Waals surface area contributed by atoms with Gasteiger partial charge in [0.2, 0.25) is 14.8 Å². The van der Waals surface area contributed by atoms with Gasteiger partial charge in [0.25, 0.3) is 0 Å². The van der Waals surface area contributed by atoms with Crippen molar-refractivity contribution in [2.45, 2.75) is 11.8 Å². The summed E-state index contributed by atoms with van der Waals surface area (Å²) in [5.41, 5.74) is 4.22. The second-order valence-electron chi connectivity index (χ2n) is 8.27. The van der Waals surface area contributed by atoms with Crippen molar-refractivity contribution in [1.82, 2.24) is 14.0 Å². The molecule has 0 unspecified atom stereocenters. The number of benzene rings is 2. The van der Waals surface area contributed by atoms with E-state index in [2.05, 4.69) is 20.9 Å². The van der Waals surface area contributed by atoms with E-state index in [-0.39, 0.29) is 4.90 Å². The van der Waals surface area contributed by atoms with Gasteiger partial charge in [0.1, 0.15) is 0 Å². The van der Waals surface area contributed by atoms with Gasteiger partial charge in [0.15, 0.2) is 0 Å². The first-order valence-electron chi connectivity index (χ1n) is 11.6. The molecule has 0 radical (unpaired) electrons. The van der Waals surface area contributed by atoms with Crippen LogP contribution < -0.4 is 4.80 Å². The maximum Gasteiger partial charge on any atom is 0.243 e. The topological polar surface area (TPSA) is 89.2 Å². The highest BCUT2D eigenvalue weighted by Gasteiger charge is 2.26. The Morgan fingerprint density at radius 1 is 1.05 bits per heavy atom. The van der Waals surface area contributed by atoms with E-state index in [9.17, 15) is 8.42 Å². The summed E-state index contributed by atoms with van der Waals surface area (Å²) in [7, 11) is -3.56. The number of ether oxygens (including phenoxy) is 1. The van der Waals surface area contributed by atoms with Crippen LogP contribution in [-0.4, -0.2) is 54.4 Å². The third kappa shape index (κ3) is 5.81. The zero-order valence-corrected chi connectivity index (χ0v) is 23.2. The molecule has 0 N–H and O–H groups in total. The molecule has 0 aliphatic carbocycles. The van der Waals surface area contributed by atoms with Crippen LogP contribution in [0.2, 0.25) is 0 Å². The fraction of sp³-hybridized carbons (Fsp3) is 0.192. The van der Waals surface area contributed by atoms with Gasteiger partial charge in [-0.3, -0.25) is 4.98 Å². The van der Waals surface area contributed by atoms with Crippen LogP contribution in [0.4, 0.5) is 5.69 Å². The highest BCUT2D eigenvalue weighted by Crippen LogP contribution is 2.24. The SMILES string of the molecule is CC(=Nn1c(-c2ccc(Br)cc2)csc1=Nc1ccc(S(=O)(=O)N2CCOCC2)cc1)c1cccnc1. The number of nitrogens with zero attached hydrogens (tertiary/aromatic N) is 5. The number of morpholine rings is 1. The van der Waals surface area contributed by atoms with Gasteiger partial charge in [-0.25, -0.2) is 18.1 Å². The summed E-state index contributed by atoms with van der Waals surface area (Å²) >= 11 is 4.95. The maximum absolute atomic E-state index is 13.0. The predicted octanol–water partition coefficient (Wildman–Crippen LogP) is 4.90. The Morgan fingerprint density at radius 2 is 1.78 bits per heavy atom. The van der Waals surface area contributed by atoms with E-state index in [0.717, 1.165) is 27.0 Å². The number of sulfonamides is 1. The lowest BCUT2D eigenvalue weighted by Crippen LogP contribution is -2.40. The molecule has 0 bridgehead atoms. The molecule has 1 aliphatic heterocycles. The van der Waals surface area contributed by atoms with Crippen LogP contribution >= 0.6 is 27.3 Å². The van der Waals surface area contributed by atoms with Gasteiger partial charge in [-0.05, 0) is 49.4 Å². The van der Waals surface area contributed by atoms with Crippen LogP contribution in [0.1, 0.15) is 12.5 Å². The summed E-state index contributed by atoms with van der Waals surface area (Å²) < 4.78 is 35.5. The minimum absolute atomic E-state index is 0.244. The van der Waals surface area contributed by atoms with Crippen LogP contribution in [0.3, 0.4) is 0 Å². The maximum atomic E-state index is 13.0. The average Bonchev–Trinajstić information content (AvgIpc) is 3.32. The summed E-state index contributed by atoms with van der Waals surface area (Å²) in [4.78, 5) is 9.91. The fourth-order valence-electron chi connectivity index (χ4n) is 3.82. The van der Waals surface area contributed by atoms with E-state index in [1.807, 2.05) is 53.4 Å². The first kappa shape index (κ1) is 25.7. The molecule has 8 nitrogen and oxygen atoms in total. The molecule has 4 aromatic rings. The van der Waals surface area contributed by atoms with Gasteiger partial charge in [0.05, 0.1) is 35.2 Å². The lowest BCUT2D eigenvalue weighted by molar-refractivity contribution is 0.0730. The lowest BCUT2D eigenvalue weighted by atomic mass is 10.2. The largest absolute Gasteiger partial charge is 0.379 e. The van der Waals surface area contributed by atoms with Gasteiger partial charge in [0, 0.05) is 46.5 Å². The molecule has 1 saturated heterocycles. The molecule has 1 aliphatic rings. The first-order chi connectivity index (χ1) is 17.9. The number of rotatable bonds is 6. The summed E-state index contributed by atoms with van der Waals surface area (Å²) in [6, 6.07) is 18.5. The van der Waals surface area contributed by atoms with E-state index in [0.29, 0.717) is 36.8 Å². The highest BCUT2D eigenvalue weighted by atomic mass is 79.9. The number of hydrogen-bond donors (Lipinski definition) is 0. The molecule has 1 fully saturated rings. The van der Waals surface area contributed by atoms with Crippen molar-refractivity contribution in [1.29, 1.82) is 0 Å². The van der Waals surface area contributed by atoms with Crippen molar-refractivity contribution < 1.29 is 13.2 Å². The Labute approximate surface area is 227 Å². The molecule has 5 rings (SSSR count). The standard InChI is InChI=1S/C26H24BrN5O3S2/c1-19(21-3-2-12-28-17-21)30-32-25(20-4-6-22(27)7-5-20)18-36-26(32)29-23-8-10-24(11-9-23)37(33,34)31-13-15-35-16-14-31/h2-12,17-18H,13-16H2,1H3. The van der Waals surface area contributed by atoms with Crippen molar-refractivity contribution in [3.63, 3.8) is 0 Å².